The standard InChI is InChI=1S/C25H25N5O/c1-19-6-5-7-20(14-19)16-26-17-22-15-24(29-10-12-31-13-11-29)25-27-23(18-30(25)28-22)21-8-3-2-4-9-21/h2-9,14-16,18H,10-13,17H2,1H3. The van der Waals surface area contributed by atoms with Gasteiger partial charge >= 0.3 is 0 Å². The molecule has 0 unspecified atom stereocenters. The van der Waals surface area contributed by atoms with Gasteiger partial charge in [0.05, 0.1) is 43.0 Å². The van der Waals surface area contributed by atoms with Crippen LogP contribution in [0.25, 0.3) is 16.9 Å². The summed E-state index contributed by atoms with van der Waals surface area (Å²) in [7, 11) is 0. The highest BCUT2D eigenvalue weighted by molar-refractivity contribution is 5.80. The van der Waals surface area contributed by atoms with Gasteiger partial charge in [0, 0.05) is 24.9 Å². The summed E-state index contributed by atoms with van der Waals surface area (Å²) in [5, 5.41) is 4.81. The van der Waals surface area contributed by atoms with Gasteiger partial charge in [-0.2, -0.15) is 5.10 Å². The van der Waals surface area contributed by atoms with Gasteiger partial charge in [0.2, 0.25) is 0 Å². The lowest BCUT2D eigenvalue weighted by molar-refractivity contribution is 0.123. The number of nitrogens with zero attached hydrogens (tertiary/aromatic N) is 5. The zero-order chi connectivity index (χ0) is 21.0. The Labute approximate surface area is 181 Å². The van der Waals surface area contributed by atoms with Crippen molar-refractivity contribution in [2.45, 2.75) is 13.5 Å². The van der Waals surface area contributed by atoms with Crippen LogP contribution < -0.4 is 4.90 Å². The molecular weight excluding hydrogens is 386 g/mol. The summed E-state index contributed by atoms with van der Waals surface area (Å²) >= 11 is 0. The van der Waals surface area contributed by atoms with Gasteiger partial charge in [-0.3, -0.25) is 4.99 Å². The fourth-order valence-corrected chi connectivity index (χ4v) is 3.87. The Hall–Kier alpha value is -3.51. The Morgan fingerprint density at radius 3 is 2.68 bits per heavy atom. The topological polar surface area (TPSA) is 55.0 Å². The maximum absolute atomic E-state index is 5.55. The molecule has 0 spiro atoms. The lowest BCUT2D eigenvalue weighted by Crippen LogP contribution is -2.36. The number of anilines is 1. The Morgan fingerprint density at radius 2 is 1.87 bits per heavy atom. The molecule has 3 heterocycles. The Balaban J connectivity index is 1.50. The summed E-state index contributed by atoms with van der Waals surface area (Å²) in [6.07, 6.45) is 3.92. The van der Waals surface area contributed by atoms with Crippen LogP contribution in [0, 0.1) is 6.92 Å². The minimum absolute atomic E-state index is 0.514. The van der Waals surface area contributed by atoms with E-state index in [1.807, 2.05) is 41.2 Å². The van der Waals surface area contributed by atoms with Gasteiger partial charge in [-0.05, 0) is 18.6 Å². The predicted molar refractivity (Wildman–Crippen MR) is 124 cm³/mol. The minimum atomic E-state index is 0.514. The maximum atomic E-state index is 5.55. The molecule has 0 amide bonds. The van der Waals surface area contributed by atoms with E-state index in [4.69, 9.17) is 14.8 Å². The van der Waals surface area contributed by atoms with Crippen LogP contribution in [0.5, 0.6) is 0 Å². The highest BCUT2D eigenvalue weighted by Gasteiger charge is 2.18. The molecule has 2 aromatic heterocycles. The molecule has 0 radical (unpaired) electrons. The number of rotatable bonds is 5. The van der Waals surface area contributed by atoms with Crippen LogP contribution in [0.15, 0.2) is 71.9 Å². The van der Waals surface area contributed by atoms with Gasteiger partial charge in [0.15, 0.2) is 5.65 Å². The number of aliphatic imine (C=N–C) groups is 1. The van der Waals surface area contributed by atoms with E-state index in [0.29, 0.717) is 6.54 Å². The molecule has 1 aliphatic rings. The van der Waals surface area contributed by atoms with Gasteiger partial charge in [0.25, 0.3) is 0 Å². The number of hydrogen-bond donors (Lipinski definition) is 0. The largest absolute Gasteiger partial charge is 0.378 e. The van der Waals surface area contributed by atoms with E-state index >= 15 is 0 Å². The summed E-state index contributed by atoms with van der Waals surface area (Å²) in [6.45, 7) is 5.74. The summed E-state index contributed by atoms with van der Waals surface area (Å²) in [6, 6.07) is 20.7. The van der Waals surface area contributed by atoms with Crippen LogP contribution in [-0.2, 0) is 11.3 Å². The molecule has 0 aliphatic carbocycles. The monoisotopic (exact) mass is 411 g/mol. The molecule has 0 bridgehead atoms. The zero-order valence-electron chi connectivity index (χ0n) is 17.6. The molecule has 1 aliphatic heterocycles. The minimum Gasteiger partial charge on any atom is -0.378 e. The van der Waals surface area contributed by atoms with E-state index in [1.54, 1.807) is 0 Å². The number of fused-ring (bicyclic) bond motifs is 1. The zero-order valence-corrected chi connectivity index (χ0v) is 17.6. The number of imidazole rings is 1. The molecular formula is C25H25N5O. The molecule has 0 saturated carbocycles. The van der Waals surface area contributed by atoms with Crippen LogP contribution in [0.3, 0.4) is 0 Å². The number of hydrogen-bond acceptors (Lipinski definition) is 5. The third-order valence-corrected chi connectivity index (χ3v) is 5.41. The molecule has 5 rings (SSSR count). The molecule has 6 heteroatoms. The number of aromatic nitrogens is 3. The van der Waals surface area contributed by atoms with Crippen LogP contribution in [0.4, 0.5) is 5.69 Å². The quantitative estimate of drug-likeness (QED) is 0.463. The maximum Gasteiger partial charge on any atom is 0.177 e. The van der Waals surface area contributed by atoms with E-state index in [0.717, 1.165) is 60.2 Å². The first-order valence-electron chi connectivity index (χ1n) is 10.6. The fraction of sp³-hybridized carbons (Fsp3) is 0.240. The average molecular weight is 412 g/mol. The molecule has 1 fully saturated rings. The van der Waals surface area contributed by atoms with E-state index in [2.05, 4.69) is 53.2 Å². The SMILES string of the molecule is Cc1cccc(C=NCc2cc(N3CCOCC3)c3nc(-c4ccccc4)cn3n2)c1. The van der Waals surface area contributed by atoms with Gasteiger partial charge < -0.3 is 9.64 Å². The molecule has 0 atom stereocenters. The van der Waals surface area contributed by atoms with Crippen LogP contribution in [0.1, 0.15) is 16.8 Å². The van der Waals surface area contributed by atoms with Gasteiger partial charge in [0.1, 0.15) is 0 Å². The molecule has 31 heavy (non-hydrogen) atoms. The lowest BCUT2D eigenvalue weighted by atomic mass is 10.1. The fourth-order valence-electron chi connectivity index (χ4n) is 3.87. The number of benzene rings is 2. The summed E-state index contributed by atoms with van der Waals surface area (Å²) in [4.78, 5) is 11.9. The number of ether oxygens (including phenoxy) is 1. The van der Waals surface area contributed by atoms with Crippen molar-refractivity contribution in [3.8, 4) is 11.3 Å². The average Bonchev–Trinajstić information content (AvgIpc) is 3.24. The van der Waals surface area contributed by atoms with Gasteiger partial charge in [-0.15, -0.1) is 0 Å². The third kappa shape index (κ3) is 4.34. The number of morpholine rings is 1. The van der Waals surface area contributed by atoms with E-state index in [9.17, 15) is 0 Å². The van der Waals surface area contributed by atoms with Gasteiger partial charge in [-0.1, -0.05) is 60.2 Å². The molecule has 1 saturated heterocycles. The second-order valence-electron chi connectivity index (χ2n) is 7.76. The highest BCUT2D eigenvalue weighted by atomic mass is 16.5. The third-order valence-electron chi connectivity index (χ3n) is 5.41. The first-order valence-corrected chi connectivity index (χ1v) is 10.6. The van der Waals surface area contributed by atoms with Crippen molar-refractivity contribution >= 4 is 17.5 Å². The van der Waals surface area contributed by atoms with E-state index < -0.39 is 0 Å². The second-order valence-corrected chi connectivity index (χ2v) is 7.76. The molecule has 156 valence electrons. The predicted octanol–water partition coefficient (Wildman–Crippen LogP) is 4.16. The summed E-state index contributed by atoms with van der Waals surface area (Å²) in [5.74, 6) is 0. The smallest absolute Gasteiger partial charge is 0.177 e. The van der Waals surface area contributed by atoms with Crippen LogP contribution >= 0.6 is 0 Å². The molecule has 6 nitrogen and oxygen atoms in total. The molecule has 4 aromatic rings. The van der Waals surface area contributed by atoms with Crippen molar-refractivity contribution in [2.75, 3.05) is 31.2 Å². The molecule has 0 N–H and O–H groups in total. The van der Waals surface area contributed by atoms with Crippen molar-refractivity contribution in [1.82, 2.24) is 14.6 Å². The highest BCUT2D eigenvalue weighted by Crippen LogP contribution is 2.26. The second kappa shape index (κ2) is 8.70. The van der Waals surface area contributed by atoms with Crippen molar-refractivity contribution in [2.24, 2.45) is 4.99 Å². The van der Waals surface area contributed by atoms with Crippen molar-refractivity contribution < 1.29 is 4.74 Å². The van der Waals surface area contributed by atoms with Crippen molar-refractivity contribution in [1.29, 1.82) is 0 Å². The van der Waals surface area contributed by atoms with Crippen molar-refractivity contribution in [3.63, 3.8) is 0 Å². The van der Waals surface area contributed by atoms with E-state index in [-0.39, 0.29) is 0 Å². The van der Waals surface area contributed by atoms with Gasteiger partial charge in [-0.25, -0.2) is 9.50 Å². The number of aryl methyl sites for hydroxylation is 1. The Morgan fingerprint density at radius 1 is 1.03 bits per heavy atom. The Bertz CT molecular complexity index is 1210. The van der Waals surface area contributed by atoms with Crippen molar-refractivity contribution in [3.05, 3.63) is 83.7 Å². The first-order chi connectivity index (χ1) is 15.3. The van der Waals surface area contributed by atoms with E-state index in [1.165, 1.54) is 5.56 Å². The molecule has 2 aromatic carbocycles. The normalized spacial score (nSPS) is 14.5. The Kier molecular flexibility index (Phi) is 5.46. The van der Waals surface area contributed by atoms with Crippen LogP contribution in [-0.4, -0.2) is 47.1 Å². The first kappa shape index (κ1) is 19.5. The van der Waals surface area contributed by atoms with Crippen LogP contribution in [0.2, 0.25) is 0 Å². The lowest BCUT2D eigenvalue weighted by Gasteiger charge is -2.29. The summed E-state index contributed by atoms with van der Waals surface area (Å²) < 4.78 is 7.45. The summed E-state index contributed by atoms with van der Waals surface area (Å²) in [5.41, 5.74) is 7.19.